The van der Waals surface area contributed by atoms with Crippen molar-refractivity contribution in [2.45, 2.75) is 43.1 Å². The summed E-state index contributed by atoms with van der Waals surface area (Å²) in [5, 5.41) is 17.6. The van der Waals surface area contributed by atoms with E-state index in [9.17, 15) is 4.79 Å². The number of nitrogen functional groups attached to an aromatic ring is 1. The first-order valence-corrected chi connectivity index (χ1v) is 6.48. The molecule has 17 heavy (non-hydrogen) atoms. The zero-order valence-electron chi connectivity index (χ0n) is 9.83. The lowest BCUT2D eigenvalue weighted by atomic mass is 9.85. The molecular formula is C10H16N4O2S. The summed E-state index contributed by atoms with van der Waals surface area (Å²) in [6.45, 7) is 4.00. The predicted molar refractivity (Wildman–Crippen MR) is 64.8 cm³/mol. The molecule has 0 radical (unpaired) electrons. The van der Waals surface area contributed by atoms with Gasteiger partial charge >= 0.3 is 5.97 Å². The van der Waals surface area contributed by atoms with Crippen molar-refractivity contribution in [3.63, 3.8) is 0 Å². The summed E-state index contributed by atoms with van der Waals surface area (Å²) >= 11 is 1.47. The largest absolute Gasteiger partial charge is 0.481 e. The van der Waals surface area contributed by atoms with E-state index in [1.165, 1.54) is 11.8 Å². The van der Waals surface area contributed by atoms with Gasteiger partial charge in [-0.25, -0.2) is 0 Å². The lowest BCUT2D eigenvalue weighted by Crippen LogP contribution is -2.35. The Kier molecular flexibility index (Phi) is 3.28. The highest BCUT2D eigenvalue weighted by atomic mass is 32.2. The maximum absolute atomic E-state index is 10.9. The second kappa shape index (κ2) is 4.56. The number of nitrogens with zero attached hydrogens (tertiary/aromatic N) is 3. The summed E-state index contributed by atoms with van der Waals surface area (Å²) in [7, 11) is 0. The average Bonchev–Trinajstić information content (AvgIpc) is 2.53. The second-order valence-corrected chi connectivity index (χ2v) is 5.69. The van der Waals surface area contributed by atoms with E-state index in [4.69, 9.17) is 10.8 Å². The molecule has 0 bridgehead atoms. The Morgan fingerprint density at radius 1 is 1.53 bits per heavy atom. The minimum absolute atomic E-state index is 0.0913. The SMILES string of the molecule is CC(C)n1c(N)nnc1SC1CCC1C(=O)O. The number of carbonyl (C=O) groups is 1. The van der Waals surface area contributed by atoms with Crippen LogP contribution in [0.15, 0.2) is 5.16 Å². The number of nitrogens with two attached hydrogens (primary N) is 1. The average molecular weight is 256 g/mol. The standard InChI is InChI=1S/C10H16N4O2S/c1-5(2)14-9(11)12-13-10(14)17-7-4-3-6(7)8(15)16/h5-7H,3-4H2,1-2H3,(H2,11,12)(H,15,16). The van der Waals surface area contributed by atoms with E-state index >= 15 is 0 Å². The molecule has 0 spiro atoms. The van der Waals surface area contributed by atoms with Crippen LogP contribution in [-0.2, 0) is 4.79 Å². The number of hydrogen-bond acceptors (Lipinski definition) is 5. The zero-order chi connectivity index (χ0) is 12.6. The Balaban J connectivity index is 2.12. The Labute approximate surface area is 104 Å². The first-order chi connectivity index (χ1) is 8.00. The molecular weight excluding hydrogens is 240 g/mol. The van der Waals surface area contributed by atoms with Gasteiger partial charge in [-0.1, -0.05) is 11.8 Å². The van der Waals surface area contributed by atoms with Crippen molar-refractivity contribution >= 4 is 23.7 Å². The zero-order valence-corrected chi connectivity index (χ0v) is 10.6. The first kappa shape index (κ1) is 12.2. The van der Waals surface area contributed by atoms with Crippen LogP contribution in [-0.4, -0.2) is 31.1 Å². The van der Waals surface area contributed by atoms with Gasteiger partial charge in [0.05, 0.1) is 5.92 Å². The topological polar surface area (TPSA) is 94.0 Å². The van der Waals surface area contributed by atoms with Crippen molar-refractivity contribution in [3.05, 3.63) is 0 Å². The van der Waals surface area contributed by atoms with Crippen LogP contribution >= 0.6 is 11.8 Å². The van der Waals surface area contributed by atoms with Gasteiger partial charge in [0.15, 0.2) is 5.16 Å². The fourth-order valence-electron chi connectivity index (χ4n) is 1.88. The highest BCUT2D eigenvalue weighted by Gasteiger charge is 2.38. The Morgan fingerprint density at radius 2 is 2.24 bits per heavy atom. The second-order valence-electron chi connectivity index (χ2n) is 4.48. The molecule has 94 valence electrons. The van der Waals surface area contributed by atoms with Crippen LogP contribution in [0.25, 0.3) is 0 Å². The van der Waals surface area contributed by atoms with Gasteiger partial charge in [-0.3, -0.25) is 9.36 Å². The number of anilines is 1. The van der Waals surface area contributed by atoms with E-state index in [2.05, 4.69) is 10.2 Å². The molecule has 2 atom stereocenters. The van der Waals surface area contributed by atoms with Gasteiger partial charge in [-0.2, -0.15) is 0 Å². The van der Waals surface area contributed by atoms with Crippen molar-refractivity contribution in [2.24, 2.45) is 5.92 Å². The van der Waals surface area contributed by atoms with Crippen LogP contribution in [0.3, 0.4) is 0 Å². The van der Waals surface area contributed by atoms with Crippen LogP contribution in [0.4, 0.5) is 5.95 Å². The third-order valence-electron chi connectivity index (χ3n) is 2.99. The number of aromatic nitrogens is 3. The van der Waals surface area contributed by atoms with Gasteiger partial charge < -0.3 is 10.8 Å². The molecule has 1 aliphatic rings. The van der Waals surface area contributed by atoms with Crippen LogP contribution < -0.4 is 5.73 Å². The molecule has 1 aliphatic carbocycles. The highest BCUT2D eigenvalue weighted by molar-refractivity contribution is 7.99. The van der Waals surface area contributed by atoms with Crippen LogP contribution in [0.5, 0.6) is 0 Å². The summed E-state index contributed by atoms with van der Waals surface area (Å²) < 4.78 is 1.84. The van der Waals surface area contributed by atoms with E-state index in [1.807, 2.05) is 18.4 Å². The van der Waals surface area contributed by atoms with Gasteiger partial charge in [0.25, 0.3) is 0 Å². The summed E-state index contributed by atoms with van der Waals surface area (Å²) in [5.41, 5.74) is 5.73. The molecule has 2 rings (SSSR count). The van der Waals surface area contributed by atoms with Crippen LogP contribution in [0.1, 0.15) is 32.7 Å². The Morgan fingerprint density at radius 3 is 2.71 bits per heavy atom. The van der Waals surface area contributed by atoms with E-state index < -0.39 is 5.97 Å². The Hall–Kier alpha value is -1.24. The van der Waals surface area contributed by atoms with E-state index in [0.717, 1.165) is 12.8 Å². The fraction of sp³-hybridized carbons (Fsp3) is 0.700. The van der Waals surface area contributed by atoms with E-state index in [-0.39, 0.29) is 17.2 Å². The summed E-state index contributed by atoms with van der Waals surface area (Å²) in [4.78, 5) is 10.9. The van der Waals surface area contributed by atoms with E-state index in [0.29, 0.717) is 11.1 Å². The number of rotatable bonds is 4. The molecule has 1 saturated carbocycles. The van der Waals surface area contributed by atoms with Crippen molar-refractivity contribution in [2.75, 3.05) is 5.73 Å². The molecule has 1 fully saturated rings. The molecule has 0 aromatic carbocycles. The smallest absolute Gasteiger partial charge is 0.307 e. The number of aliphatic carboxylic acids is 1. The van der Waals surface area contributed by atoms with Crippen molar-refractivity contribution < 1.29 is 9.90 Å². The lowest BCUT2D eigenvalue weighted by Gasteiger charge is -2.32. The number of thioether (sulfide) groups is 1. The van der Waals surface area contributed by atoms with Crippen molar-refractivity contribution in [1.82, 2.24) is 14.8 Å². The molecule has 1 aromatic heterocycles. The minimum atomic E-state index is -0.725. The molecule has 0 aliphatic heterocycles. The third kappa shape index (κ3) is 2.24. The van der Waals surface area contributed by atoms with Crippen LogP contribution in [0, 0.1) is 5.92 Å². The van der Waals surface area contributed by atoms with Gasteiger partial charge in [-0.15, -0.1) is 10.2 Å². The predicted octanol–water partition coefficient (Wildman–Crippen LogP) is 1.40. The molecule has 6 nitrogen and oxygen atoms in total. The molecule has 7 heteroatoms. The maximum atomic E-state index is 10.9. The monoisotopic (exact) mass is 256 g/mol. The number of hydrogen-bond donors (Lipinski definition) is 2. The van der Waals surface area contributed by atoms with Gasteiger partial charge in [0.2, 0.25) is 5.95 Å². The van der Waals surface area contributed by atoms with Crippen LogP contribution in [0.2, 0.25) is 0 Å². The molecule has 2 unspecified atom stereocenters. The maximum Gasteiger partial charge on any atom is 0.307 e. The third-order valence-corrected chi connectivity index (χ3v) is 4.35. The number of carboxylic acid groups (broad SMARTS) is 1. The van der Waals surface area contributed by atoms with Crippen molar-refractivity contribution in [1.29, 1.82) is 0 Å². The van der Waals surface area contributed by atoms with Crippen molar-refractivity contribution in [3.8, 4) is 0 Å². The van der Waals surface area contributed by atoms with Gasteiger partial charge in [0, 0.05) is 11.3 Å². The lowest BCUT2D eigenvalue weighted by molar-refractivity contribution is -0.144. The quantitative estimate of drug-likeness (QED) is 0.845. The summed E-state index contributed by atoms with van der Waals surface area (Å²) in [6, 6.07) is 0.177. The summed E-state index contributed by atoms with van der Waals surface area (Å²) in [6.07, 6.45) is 1.66. The molecule has 0 amide bonds. The van der Waals surface area contributed by atoms with Gasteiger partial charge in [-0.05, 0) is 26.7 Å². The van der Waals surface area contributed by atoms with Gasteiger partial charge in [0.1, 0.15) is 0 Å². The van der Waals surface area contributed by atoms with E-state index in [1.54, 1.807) is 0 Å². The molecule has 0 saturated heterocycles. The number of carboxylic acids is 1. The summed E-state index contributed by atoms with van der Waals surface area (Å²) in [5.74, 6) is -0.607. The normalized spacial score (nSPS) is 23.7. The molecule has 1 aromatic rings. The minimum Gasteiger partial charge on any atom is -0.481 e. The molecule has 1 heterocycles. The fourth-order valence-corrected chi connectivity index (χ4v) is 3.33. The Bertz CT molecular complexity index is 432. The molecule has 3 N–H and O–H groups in total. The first-order valence-electron chi connectivity index (χ1n) is 5.60. The highest BCUT2D eigenvalue weighted by Crippen LogP contribution is 2.41.